The van der Waals surface area contributed by atoms with Gasteiger partial charge in [-0.15, -0.1) is 0 Å². The van der Waals surface area contributed by atoms with Crippen LogP contribution in [0, 0.1) is 6.92 Å². The molecule has 0 amide bonds. The number of fused-ring (bicyclic) bond motifs is 3. The second-order valence-electron chi connectivity index (χ2n) is 8.88. The van der Waals surface area contributed by atoms with Crippen molar-refractivity contribution in [3.05, 3.63) is 87.7 Å². The van der Waals surface area contributed by atoms with Gasteiger partial charge in [0.1, 0.15) is 18.2 Å². The van der Waals surface area contributed by atoms with Crippen LogP contribution in [0.2, 0.25) is 0 Å². The number of carbonyl (C=O) groups excluding carboxylic acids is 2. The number of ketones is 1. The zero-order valence-electron chi connectivity index (χ0n) is 21.1. The first-order valence-corrected chi connectivity index (χ1v) is 11.8. The van der Waals surface area contributed by atoms with Crippen molar-refractivity contribution in [3.63, 3.8) is 0 Å². The highest BCUT2D eigenvalue weighted by Crippen LogP contribution is 2.44. The van der Waals surface area contributed by atoms with Crippen LogP contribution in [0.25, 0.3) is 6.08 Å². The number of hydrogen-bond acceptors (Lipinski definition) is 8. The van der Waals surface area contributed by atoms with Gasteiger partial charge in [-0.1, -0.05) is 18.2 Å². The minimum atomic E-state index is -0.417. The molecule has 0 unspecified atom stereocenters. The van der Waals surface area contributed by atoms with Gasteiger partial charge in [-0.25, -0.2) is 4.79 Å². The molecule has 0 fully saturated rings. The van der Waals surface area contributed by atoms with Crippen molar-refractivity contribution < 1.29 is 33.3 Å². The van der Waals surface area contributed by atoms with E-state index in [4.69, 9.17) is 23.7 Å². The third kappa shape index (κ3) is 4.63. The molecule has 2 aliphatic heterocycles. The lowest BCUT2D eigenvalue weighted by atomic mass is 9.98. The summed E-state index contributed by atoms with van der Waals surface area (Å²) in [4.78, 5) is 27.1. The van der Waals surface area contributed by atoms with E-state index in [-0.39, 0.29) is 11.5 Å². The Kier molecular flexibility index (Phi) is 6.58. The van der Waals surface area contributed by atoms with Crippen LogP contribution in [0.5, 0.6) is 23.0 Å². The zero-order valence-corrected chi connectivity index (χ0v) is 21.1. The molecule has 0 N–H and O–H groups in total. The molecule has 8 heteroatoms. The average molecular weight is 502 g/mol. The number of nitrogens with zero attached hydrogens (tertiary/aromatic N) is 1. The van der Waals surface area contributed by atoms with Crippen LogP contribution in [-0.2, 0) is 17.8 Å². The van der Waals surface area contributed by atoms with Crippen LogP contribution >= 0.6 is 0 Å². The van der Waals surface area contributed by atoms with Crippen molar-refractivity contribution in [1.82, 2.24) is 4.90 Å². The molecule has 3 aromatic rings. The fourth-order valence-electron chi connectivity index (χ4n) is 4.60. The molecule has 8 nitrogen and oxygen atoms in total. The number of carbonyl (C=O) groups is 2. The molecular weight excluding hydrogens is 474 g/mol. The minimum absolute atomic E-state index is 0.177. The molecule has 0 saturated carbocycles. The average Bonchev–Trinajstić information content (AvgIpc) is 3.25. The number of ether oxygens (including phenoxy) is 5. The number of Topliss-reactive ketones (excluding diaryl/α,β-unsaturated/α-hetero) is 1. The fraction of sp³-hybridized carbons (Fsp3) is 0.241. The van der Waals surface area contributed by atoms with Crippen LogP contribution in [0.3, 0.4) is 0 Å². The summed E-state index contributed by atoms with van der Waals surface area (Å²) in [6.45, 7) is 3.46. The molecule has 0 aliphatic carbocycles. The van der Waals surface area contributed by atoms with E-state index in [1.807, 2.05) is 31.2 Å². The lowest BCUT2D eigenvalue weighted by Gasteiger charge is -2.30. The van der Waals surface area contributed by atoms with Gasteiger partial charge >= 0.3 is 5.97 Å². The predicted octanol–water partition coefficient (Wildman–Crippen LogP) is 4.77. The van der Waals surface area contributed by atoms with Crippen molar-refractivity contribution in [1.29, 1.82) is 0 Å². The molecule has 0 bridgehead atoms. The topological polar surface area (TPSA) is 83.5 Å². The summed E-state index contributed by atoms with van der Waals surface area (Å²) in [7, 11) is 4.56. The summed E-state index contributed by atoms with van der Waals surface area (Å²) < 4.78 is 27.7. The maximum absolute atomic E-state index is 13.3. The zero-order chi connectivity index (χ0) is 26.1. The van der Waals surface area contributed by atoms with E-state index in [1.54, 1.807) is 44.6 Å². The Morgan fingerprint density at radius 1 is 1.03 bits per heavy atom. The Morgan fingerprint density at radius 3 is 2.49 bits per heavy atom. The number of benzene rings is 3. The van der Waals surface area contributed by atoms with Crippen LogP contribution in [0.4, 0.5) is 0 Å². The summed E-state index contributed by atoms with van der Waals surface area (Å²) in [5, 5.41) is 0. The normalized spacial score (nSPS) is 15.5. The SMILES string of the molecule is COC(=O)c1ccc(/C=C2\Oc3c4c(cc(C)c3C2=O)OCN(Cc2ccc(OC)c(OC)c2)C4)cc1. The number of hydrogen-bond donors (Lipinski definition) is 0. The highest BCUT2D eigenvalue weighted by Gasteiger charge is 2.35. The van der Waals surface area contributed by atoms with Gasteiger partial charge in [0.15, 0.2) is 17.3 Å². The molecule has 2 aliphatic rings. The first kappa shape index (κ1) is 24.4. The van der Waals surface area contributed by atoms with E-state index in [0.29, 0.717) is 48.2 Å². The highest BCUT2D eigenvalue weighted by atomic mass is 16.5. The predicted molar refractivity (Wildman–Crippen MR) is 136 cm³/mol. The Bertz CT molecular complexity index is 1410. The van der Waals surface area contributed by atoms with E-state index >= 15 is 0 Å². The number of esters is 1. The number of aryl methyl sites for hydroxylation is 1. The van der Waals surface area contributed by atoms with Gasteiger partial charge in [0.05, 0.1) is 38.0 Å². The van der Waals surface area contributed by atoms with Crippen molar-refractivity contribution in [2.24, 2.45) is 0 Å². The molecular formula is C29H27NO7. The summed E-state index contributed by atoms with van der Waals surface area (Å²) in [6.07, 6.45) is 1.68. The third-order valence-corrected chi connectivity index (χ3v) is 6.47. The quantitative estimate of drug-likeness (QED) is 0.353. The van der Waals surface area contributed by atoms with E-state index in [9.17, 15) is 9.59 Å². The van der Waals surface area contributed by atoms with Gasteiger partial charge in [0, 0.05) is 13.1 Å². The van der Waals surface area contributed by atoms with Crippen LogP contribution < -0.4 is 18.9 Å². The Labute approximate surface area is 215 Å². The molecule has 0 aromatic heterocycles. The van der Waals surface area contributed by atoms with Crippen molar-refractivity contribution >= 4 is 17.8 Å². The smallest absolute Gasteiger partial charge is 0.337 e. The molecule has 2 heterocycles. The molecule has 190 valence electrons. The molecule has 5 rings (SSSR count). The standard InChI is InChI=1S/C29H27NO7/c1-17-11-23-21(15-30(16-36-23)14-19-7-10-22(33-2)24(13-19)34-3)28-26(17)27(31)25(37-28)12-18-5-8-20(9-6-18)29(32)35-4/h5-13H,14-16H2,1-4H3/b25-12-. The van der Waals surface area contributed by atoms with E-state index in [2.05, 4.69) is 4.90 Å². The molecule has 0 saturated heterocycles. The Balaban J connectivity index is 1.40. The van der Waals surface area contributed by atoms with E-state index < -0.39 is 5.97 Å². The summed E-state index contributed by atoms with van der Waals surface area (Å²) in [5.74, 6) is 2.23. The fourth-order valence-corrected chi connectivity index (χ4v) is 4.60. The molecule has 0 radical (unpaired) electrons. The highest BCUT2D eigenvalue weighted by molar-refractivity contribution is 6.16. The molecule has 3 aromatic carbocycles. The van der Waals surface area contributed by atoms with Crippen LogP contribution in [0.1, 0.15) is 43.0 Å². The first-order valence-electron chi connectivity index (χ1n) is 11.8. The number of methoxy groups -OCH3 is 3. The van der Waals surface area contributed by atoms with Crippen molar-refractivity contribution in [2.75, 3.05) is 28.1 Å². The van der Waals surface area contributed by atoms with Crippen molar-refractivity contribution in [3.8, 4) is 23.0 Å². The summed E-state index contributed by atoms with van der Waals surface area (Å²) in [5.41, 5.74) is 4.40. The second kappa shape index (κ2) is 9.99. The lowest BCUT2D eigenvalue weighted by molar-refractivity contribution is 0.0600. The molecule has 0 atom stereocenters. The van der Waals surface area contributed by atoms with E-state index in [1.165, 1.54) is 7.11 Å². The maximum atomic E-state index is 13.3. The maximum Gasteiger partial charge on any atom is 0.337 e. The van der Waals surface area contributed by atoms with Gasteiger partial charge < -0.3 is 23.7 Å². The number of rotatable bonds is 6. The van der Waals surface area contributed by atoms with Crippen LogP contribution in [-0.4, -0.2) is 44.7 Å². The largest absolute Gasteiger partial charge is 0.493 e. The minimum Gasteiger partial charge on any atom is -0.493 e. The monoisotopic (exact) mass is 501 g/mol. The van der Waals surface area contributed by atoms with Crippen molar-refractivity contribution in [2.45, 2.75) is 20.0 Å². The third-order valence-electron chi connectivity index (χ3n) is 6.47. The second-order valence-corrected chi connectivity index (χ2v) is 8.88. The lowest BCUT2D eigenvalue weighted by Crippen LogP contribution is -2.31. The van der Waals surface area contributed by atoms with Crippen LogP contribution in [0.15, 0.2) is 54.3 Å². The van der Waals surface area contributed by atoms with E-state index in [0.717, 1.165) is 28.0 Å². The Morgan fingerprint density at radius 2 is 1.78 bits per heavy atom. The molecule has 0 spiro atoms. The van der Waals surface area contributed by atoms with Gasteiger partial charge in [-0.3, -0.25) is 9.69 Å². The van der Waals surface area contributed by atoms with Gasteiger partial charge in [0.25, 0.3) is 0 Å². The van der Waals surface area contributed by atoms with Gasteiger partial charge in [0.2, 0.25) is 5.78 Å². The summed E-state index contributed by atoms with van der Waals surface area (Å²) in [6, 6.07) is 14.5. The molecule has 37 heavy (non-hydrogen) atoms. The first-order chi connectivity index (χ1) is 17.9. The van der Waals surface area contributed by atoms with Gasteiger partial charge in [-0.05, 0) is 60.0 Å². The summed E-state index contributed by atoms with van der Waals surface area (Å²) >= 11 is 0. The number of allylic oxidation sites excluding steroid dienone is 1. The van der Waals surface area contributed by atoms with Gasteiger partial charge in [-0.2, -0.15) is 0 Å². The Hall–Kier alpha value is -4.30.